The summed E-state index contributed by atoms with van der Waals surface area (Å²) in [4.78, 5) is 67.3. The number of carboxylic acid groups (broad SMARTS) is 2. The number of nitrogens with one attached hydrogen (secondary N) is 3. The molecule has 0 bridgehead atoms. The molecule has 1 aromatic rings. The van der Waals surface area contributed by atoms with E-state index in [9.17, 15) is 34.2 Å². The molecule has 3 rings (SSSR count). The second-order valence-corrected chi connectivity index (χ2v) is 7.51. The fourth-order valence-electron chi connectivity index (χ4n) is 3.46. The zero-order chi connectivity index (χ0) is 24.8. The SMILES string of the molecule is NC1=NC2=NCC(CNc3ccc(C(=O)N[C@@H](CCC(=O)[O-])C(=O)[O-])cc3)N(C=O)C2C(=O)N1.[Ca+2]. The first-order valence-electron chi connectivity index (χ1n) is 10.2. The van der Waals surface area contributed by atoms with Crippen molar-refractivity contribution in [3.05, 3.63) is 29.8 Å². The number of carbonyl (C=O) groups excluding carboxylic acids is 5. The molecule has 0 saturated carbocycles. The summed E-state index contributed by atoms with van der Waals surface area (Å²) in [5.41, 5.74) is 6.25. The van der Waals surface area contributed by atoms with E-state index in [1.54, 1.807) is 12.1 Å². The van der Waals surface area contributed by atoms with Gasteiger partial charge in [0.15, 0.2) is 11.9 Å². The first kappa shape index (κ1) is 28.0. The van der Waals surface area contributed by atoms with Crippen LogP contribution in [0.3, 0.4) is 0 Å². The van der Waals surface area contributed by atoms with Crippen LogP contribution >= 0.6 is 0 Å². The van der Waals surface area contributed by atoms with E-state index in [1.165, 1.54) is 17.0 Å². The van der Waals surface area contributed by atoms with Gasteiger partial charge in [-0.05, 0) is 37.1 Å². The van der Waals surface area contributed by atoms with Crippen LogP contribution in [0.1, 0.15) is 23.2 Å². The van der Waals surface area contributed by atoms with Crippen molar-refractivity contribution in [3.8, 4) is 0 Å². The molecule has 2 aliphatic heterocycles. The summed E-state index contributed by atoms with van der Waals surface area (Å²) in [6, 6.07) is 3.07. The molecule has 3 amide bonds. The van der Waals surface area contributed by atoms with Crippen LogP contribution < -0.4 is 31.9 Å². The van der Waals surface area contributed by atoms with Gasteiger partial charge in [0.1, 0.15) is 0 Å². The minimum atomic E-state index is -1.61. The Balaban J connectivity index is 0.00000432. The van der Waals surface area contributed by atoms with Crippen LogP contribution in [0.5, 0.6) is 0 Å². The zero-order valence-electron chi connectivity index (χ0n) is 18.4. The number of amidine groups is 1. The Bertz CT molecular complexity index is 1060. The van der Waals surface area contributed by atoms with Gasteiger partial charge >= 0.3 is 37.7 Å². The number of nitrogens with zero attached hydrogens (tertiary/aromatic N) is 3. The number of hydrogen-bond donors (Lipinski definition) is 4. The average molecular weight is 512 g/mol. The predicted octanol–water partition coefficient (Wildman–Crippen LogP) is -4.85. The standard InChI is InChI=1S/C20H23N7O7.Ca/c21-20-25-16-15(18(32)26-20)27(9-28)12(8-23-16)7-22-11-3-1-10(2-4-11)17(31)24-13(19(33)34)5-6-14(29)30;/h1-4,9,12-13,15,22H,5-8H2,(H,24,31)(H,29,30)(H,33,34)(H3,21,23,25,26,32);/q;+2/p-2/t12?,13-,15?;/m0./s1. The Hall–Kier alpha value is -3.23. The molecule has 180 valence electrons. The van der Waals surface area contributed by atoms with Gasteiger partial charge < -0.3 is 41.1 Å². The maximum Gasteiger partial charge on any atom is 2.00 e. The third-order valence-electron chi connectivity index (χ3n) is 5.20. The first-order valence-corrected chi connectivity index (χ1v) is 10.2. The molecule has 35 heavy (non-hydrogen) atoms. The second-order valence-electron chi connectivity index (χ2n) is 7.51. The smallest absolute Gasteiger partial charge is 0.550 e. The van der Waals surface area contributed by atoms with Gasteiger partial charge in [0.2, 0.25) is 12.4 Å². The number of guanidine groups is 1. The van der Waals surface area contributed by atoms with Crippen molar-refractivity contribution in [2.45, 2.75) is 31.0 Å². The predicted molar refractivity (Wildman–Crippen MR) is 119 cm³/mol. The van der Waals surface area contributed by atoms with Gasteiger partial charge in [-0.2, -0.15) is 4.99 Å². The molecule has 0 fully saturated rings. The number of nitrogens with two attached hydrogens (primary N) is 1. The number of amides is 3. The van der Waals surface area contributed by atoms with E-state index in [-0.39, 0.29) is 74.6 Å². The van der Waals surface area contributed by atoms with E-state index in [4.69, 9.17) is 5.73 Å². The summed E-state index contributed by atoms with van der Waals surface area (Å²) in [7, 11) is 0. The molecule has 2 unspecified atom stereocenters. The van der Waals surface area contributed by atoms with Crippen LogP contribution in [-0.4, -0.2) is 116 Å². The van der Waals surface area contributed by atoms with Gasteiger partial charge in [-0.25, -0.2) is 0 Å². The van der Waals surface area contributed by atoms with E-state index in [0.29, 0.717) is 12.1 Å². The van der Waals surface area contributed by atoms with Gasteiger partial charge in [0.05, 0.1) is 24.6 Å². The maximum atomic E-state index is 12.3. The molecular formula is C20H21CaN7O7. The van der Waals surface area contributed by atoms with Crippen LogP contribution in [0, 0.1) is 0 Å². The van der Waals surface area contributed by atoms with Crippen LogP contribution in [0.25, 0.3) is 0 Å². The quantitative estimate of drug-likeness (QED) is 0.174. The summed E-state index contributed by atoms with van der Waals surface area (Å²) in [6.45, 7) is 0.429. The van der Waals surface area contributed by atoms with E-state index in [2.05, 4.69) is 25.9 Å². The molecule has 2 aliphatic rings. The van der Waals surface area contributed by atoms with Crippen molar-refractivity contribution >= 4 is 85.4 Å². The van der Waals surface area contributed by atoms with Crippen LogP contribution in [-0.2, 0) is 19.2 Å². The first-order chi connectivity index (χ1) is 16.2. The molecule has 0 spiro atoms. The molecule has 1 aromatic carbocycles. The number of fused-ring (bicyclic) bond motifs is 1. The number of benzene rings is 1. The third kappa shape index (κ3) is 7.13. The fraction of sp³-hybridized carbons (Fsp3) is 0.350. The third-order valence-corrected chi connectivity index (χ3v) is 5.20. The monoisotopic (exact) mass is 511 g/mol. The number of aliphatic imine (C=N–C) groups is 2. The zero-order valence-corrected chi connectivity index (χ0v) is 20.6. The second kappa shape index (κ2) is 12.5. The average Bonchev–Trinajstić information content (AvgIpc) is 2.79. The molecule has 14 nitrogen and oxygen atoms in total. The Morgan fingerprint density at radius 3 is 2.54 bits per heavy atom. The number of carboxylic acids is 2. The molecule has 0 aromatic heterocycles. The van der Waals surface area contributed by atoms with Crippen molar-refractivity contribution in [1.29, 1.82) is 0 Å². The van der Waals surface area contributed by atoms with Crippen molar-refractivity contribution < 1.29 is 34.2 Å². The molecule has 0 saturated heterocycles. The molecule has 0 radical (unpaired) electrons. The molecule has 3 atom stereocenters. The normalized spacial score (nSPS) is 19.5. The summed E-state index contributed by atoms with van der Waals surface area (Å²) in [5.74, 6) is -4.20. The minimum Gasteiger partial charge on any atom is -0.550 e. The Morgan fingerprint density at radius 2 is 1.94 bits per heavy atom. The van der Waals surface area contributed by atoms with Crippen molar-refractivity contribution in [2.75, 3.05) is 18.4 Å². The largest absolute Gasteiger partial charge is 2.00 e. The van der Waals surface area contributed by atoms with Crippen molar-refractivity contribution in [1.82, 2.24) is 15.5 Å². The van der Waals surface area contributed by atoms with Crippen molar-refractivity contribution in [3.63, 3.8) is 0 Å². The van der Waals surface area contributed by atoms with Gasteiger partial charge in [-0.1, -0.05) is 0 Å². The summed E-state index contributed by atoms with van der Waals surface area (Å²) < 4.78 is 0. The topological polar surface area (TPSA) is 222 Å². The van der Waals surface area contributed by atoms with Gasteiger partial charge in [-0.15, -0.1) is 0 Å². The van der Waals surface area contributed by atoms with Gasteiger partial charge in [-0.3, -0.25) is 24.7 Å². The Kier molecular flexibility index (Phi) is 9.98. The molecule has 5 N–H and O–H groups in total. The van der Waals surface area contributed by atoms with E-state index in [0.717, 1.165) is 0 Å². The molecular weight excluding hydrogens is 490 g/mol. The van der Waals surface area contributed by atoms with Crippen LogP contribution in [0.2, 0.25) is 0 Å². The Labute approximate surface area is 229 Å². The summed E-state index contributed by atoms with van der Waals surface area (Å²) in [6.07, 6.45) is -0.371. The van der Waals surface area contributed by atoms with Crippen LogP contribution in [0.4, 0.5) is 5.69 Å². The van der Waals surface area contributed by atoms with Crippen molar-refractivity contribution in [2.24, 2.45) is 15.7 Å². The molecule has 2 heterocycles. The number of rotatable bonds is 10. The van der Waals surface area contributed by atoms with Gasteiger partial charge in [0.25, 0.3) is 11.8 Å². The minimum absolute atomic E-state index is 0. The number of anilines is 1. The van der Waals surface area contributed by atoms with Gasteiger partial charge in [0, 0.05) is 23.8 Å². The van der Waals surface area contributed by atoms with E-state index < -0.39 is 48.3 Å². The maximum absolute atomic E-state index is 12.3. The molecule has 15 heteroatoms. The van der Waals surface area contributed by atoms with E-state index in [1.807, 2.05) is 0 Å². The summed E-state index contributed by atoms with van der Waals surface area (Å²) in [5, 5.41) is 29.3. The van der Waals surface area contributed by atoms with Crippen LogP contribution in [0.15, 0.2) is 34.3 Å². The number of hydrogen-bond acceptors (Lipinski definition) is 11. The Morgan fingerprint density at radius 1 is 1.26 bits per heavy atom. The van der Waals surface area contributed by atoms with E-state index >= 15 is 0 Å². The molecule has 0 aliphatic carbocycles. The summed E-state index contributed by atoms with van der Waals surface area (Å²) >= 11 is 0. The number of carbonyl (C=O) groups is 5. The number of aliphatic carboxylic acids is 2. The fourth-order valence-corrected chi connectivity index (χ4v) is 3.46.